The smallest absolute Gasteiger partial charge is 0.275 e. The highest BCUT2D eigenvalue weighted by atomic mass is 19.3. The Kier molecular flexibility index (Phi) is 4.44. The molecule has 0 spiro atoms. The van der Waals surface area contributed by atoms with Gasteiger partial charge < -0.3 is 4.74 Å². The third-order valence-corrected chi connectivity index (χ3v) is 1.18. The highest BCUT2D eigenvalue weighted by Crippen LogP contribution is 2.25. The second kappa shape index (κ2) is 4.59. The average Bonchev–Trinajstić information content (AvgIpc) is 1.99. The van der Waals surface area contributed by atoms with E-state index in [9.17, 15) is 22.0 Å². The van der Waals surface area contributed by atoms with E-state index in [2.05, 4.69) is 4.74 Å². The van der Waals surface area contributed by atoms with Crippen molar-refractivity contribution < 1.29 is 26.7 Å². The van der Waals surface area contributed by atoms with Crippen molar-refractivity contribution in [2.45, 2.75) is 25.4 Å². The van der Waals surface area contributed by atoms with E-state index in [0.717, 1.165) is 0 Å². The van der Waals surface area contributed by atoms with Gasteiger partial charge in [-0.05, 0) is 6.92 Å². The fourth-order valence-corrected chi connectivity index (χ4v) is 0.543. The van der Waals surface area contributed by atoms with Gasteiger partial charge in [0.2, 0.25) is 12.0 Å². The predicted molar refractivity (Wildman–Crippen MR) is 32.3 cm³/mol. The molecule has 0 aliphatic carbocycles. The van der Waals surface area contributed by atoms with E-state index < -0.39 is 31.7 Å². The molecule has 0 aromatic carbocycles. The molecule has 0 saturated heterocycles. The summed E-state index contributed by atoms with van der Waals surface area (Å²) < 4.78 is 63.3. The molecule has 0 N–H and O–H groups in total. The Balaban J connectivity index is 3.99. The van der Waals surface area contributed by atoms with Gasteiger partial charge in [-0.3, -0.25) is 0 Å². The first-order chi connectivity index (χ1) is 5.41. The Bertz CT molecular complexity index is 127. The average molecular weight is 192 g/mol. The molecule has 0 aromatic heterocycles. The highest BCUT2D eigenvalue weighted by molar-refractivity contribution is 4.75. The molecule has 0 saturated carbocycles. The second-order valence-corrected chi connectivity index (χ2v) is 2.26. The largest absolute Gasteiger partial charge is 0.341 e. The monoisotopic (exact) mass is 192 g/mol. The molecule has 0 bridgehead atoms. The summed E-state index contributed by atoms with van der Waals surface area (Å²) in [5.74, 6) is -3.12. The van der Waals surface area contributed by atoms with E-state index in [0.29, 0.717) is 6.92 Å². The third kappa shape index (κ3) is 3.34. The third-order valence-electron chi connectivity index (χ3n) is 1.18. The van der Waals surface area contributed by atoms with Crippen LogP contribution in [-0.2, 0) is 4.74 Å². The molecule has 2 atom stereocenters. The minimum atomic E-state index is -3.47. The van der Waals surface area contributed by atoms with Crippen LogP contribution in [0.2, 0.25) is 0 Å². The molecule has 0 aliphatic rings. The van der Waals surface area contributed by atoms with Crippen molar-refractivity contribution in [3.05, 3.63) is 0 Å². The van der Waals surface area contributed by atoms with E-state index in [1.165, 1.54) is 0 Å². The van der Waals surface area contributed by atoms with Crippen LogP contribution in [0.5, 0.6) is 0 Å². The molecule has 0 rings (SSSR count). The Labute approximate surface area is 66.5 Å². The van der Waals surface area contributed by atoms with E-state index in [1.807, 2.05) is 0 Å². The van der Waals surface area contributed by atoms with Crippen LogP contribution in [0.1, 0.15) is 6.92 Å². The summed E-state index contributed by atoms with van der Waals surface area (Å²) >= 11 is 0. The molecular weight excluding hydrogens is 183 g/mol. The zero-order valence-electron chi connectivity index (χ0n) is 6.37. The van der Waals surface area contributed by atoms with Crippen LogP contribution in [0.25, 0.3) is 0 Å². The predicted octanol–water partition coefficient (Wildman–Crippen LogP) is 2.26. The molecule has 0 heterocycles. The van der Waals surface area contributed by atoms with E-state index in [-0.39, 0.29) is 0 Å². The molecule has 2 unspecified atom stereocenters. The highest BCUT2D eigenvalue weighted by Gasteiger charge is 2.42. The maximum atomic E-state index is 12.7. The van der Waals surface area contributed by atoms with Crippen molar-refractivity contribution in [2.75, 3.05) is 13.3 Å². The van der Waals surface area contributed by atoms with Crippen LogP contribution >= 0.6 is 0 Å². The van der Waals surface area contributed by atoms with E-state index >= 15 is 0 Å². The summed E-state index contributed by atoms with van der Waals surface area (Å²) in [4.78, 5) is 0. The molecule has 0 aromatic rings. The molecule has 0 amide bonds. The van der Waals surface area contributed by atoms with Gasteiger partial charge in [0, 0.05) is 0 Å². The summed E-state index contributed by atoms with van der Waals surface area (Å²) in [5, 5.41) is 0. The molecule has 0 fully saturated rings. The summed E-state index contributed by atoms with van der Waals surface area (Å²) in [6.45, 7) is -1.28. The number of rotatable bonds is 5. The molecule has 74 valence electrons. The van der Waals surface area contributed by atoms with Crippen LogP contribution in [0.15, 0.2) is 0 Å². The number of ether oxygens (including phenoxy) is 1. The molecule has 1 nitrogen and oxygen atoms in total. The first-order valence-electron chi connectivity index (χ1n) is 3.23. The first kappa shape index (κ1) is 11.6. The Morgan fingerprint density at radius 3 is 2.17 bits per heavy atom. The van der Waals surface area contributed by atoms with Crippen molar-refractivity contribution >= 4 is 0 Å². The van der Waals surface area contributed by atoms with E-state index in [1.54, 1.807) is 0 Å². The molecule has 6 heteroatoms. The number of halogens is 5. The van der Waals surface area contributed by atoms with Crippen LogP contribution in [-0.4, -0.2) is 31.7 Å². The van der Waals surface area contributed by atoms with Gasteiger partial charge in [-0.15, -0.1) is 0 Å². The van der Waals surface area contributed by atoms with Gasteiger partial charge in [0.05, 0.1) is 6.61 Å². The van der Waals surface area contributed by atoms with Gasteiger partial charge in [0.15, 0.2) is 0 Å². The van der Waals surface area contributed by atoms with E-state index in [4.69, 9.17) is 0 Å². The van der Waals surface area contributed by atoms with Crippen molar-refractivity contribution in [1.82, 2.24) is 0 Å². The van der Waals surface area contributed by atoms with Crippen LogP contribution in [0.3, 0.4) is 0 Å². The van der Waals surface area contributed by atoms with Gasteiger partial charge >= 0.3 is 0 Å². The lowest BCUT2D eigenvalue weighted by Gasteiger charge is -2.23. The second-order valence-electron chi connectivity index (χ2n) is 2.26. The number of hydrogen-bond donors (Lipinski definition) is 0. The summed E-state index contributed by atoms with van der Waals surface area (Å²) in [6.07, 6.45) is -6.52. The van der Waals surface area contributed by atoms with Gasteiger partial charge in [-0.25, -0.2) is 22.0 Å². The molecular formula is C6H9F5O. The van der Waals surface area contributed by atoms with Gasteiger partial charge in [0.1, 0.15) is 6.67 Å². The van der Waals surface area contributed by atoms with Crippen molar-refractivity contribution in [2.24, 2.45) is 0 Å². The first-order valence-corrected chi connectivity index (χ1v) is 3.23. The lowest BCUT2D eigenvalue weighted by molar-refractivity contribution is -0.204. The fourth-order valence-electron chi connectivity index (χ4n) is 0.543. The minimum Gasteiger partial charge on any atom is -0.341 e. The molecule has 12 heavy (non-hydrogen) atoms. The zero-order valence-corrected chi connectivity index (χ0v) is 6.37. The number of alkyl halides is 5. The van der Waals surface area contributed by atoms with Crippen molar-refractivity contribution in [3.8, 4) is 0 Å². The summed E-state index contributed by atoms with van der Waals surface area (Å²) in [7, 11) is 0. The summed E-state index contributed by atoms with van der Waals surface area (Å²) in [6, 6.07) is 0. The van der Waals surface area contributed by atoms with Crippen LogP contribution in [0.4, 0.5) is 22.0 Å². The van der Waals surface area contributed by atoms with Crippen LogP contribution < -0.4 is 0 Å². The van der Waals surface area contributed by atoms with Gasteiger partial charge in [-0.2, -0.15) is 0 Å². The Morgan fingerprint density at radius 1 is 1.33 bits per heavy atom. The van der Waals surface area contributed by atoms with Gasteiger partial charge in [-0.1, -0.05) is 0 Å². The SMILES string of the molecule is CC(F)(OCCF)C(F)C(F)F. The lowest BCUT2D eigenvalue weighted by Crippen LogP contribution is -2.39. The summed E-state index contributed by atoms with van der Waals surface area (Å²) in [5.41, 5.74) is 0. The molecule has 0 aliphatic heterocycles. The lowest BCUT2D eigenvalue weighted by atomic mass is 10.2. The normalized spacial score (nSPS) is 19.2. The maximum absolute atomic E-state index is 12.7. The molecule has 0 radical (unpaired) electrons. The maximum Gasteiger partial charge on any atom is 0.275 e. The fraction of sp³-hybridized carbons (Fsp3) is 1.00. The van der Waals surface area contributed by atoms with Crippen molar-refractivity contribution in [3.63, 3.8) is 0 Å². The van der Waals surface area contributed by atoms with Crippen molar-refractivity contribution in [1.29, 1.82) is 0 Å². The topological polar surface area (TPSA) is 9.23 Å². The Morgan fingerprint density at radius 2 is 1.83 bits per heavy atom. The minimum absolute atomic E-state index is 0.499. The van der Waals surface area contributed by atoms with Gasteiger partial charge in [0.25, 0.3) is 6.43 Å². The zero-order chi connectivity index (χ0) is 9.78. The Hall–Kier alpha value is -0.390. The van der Waals surface area contributed by atoms with Crippen LogP contribution in [0, 0.1) is 0 Å². The number of hydrogen-bond acceptors (Lipinski definition) is 1. The standard InChI is InChI=1S/C6H9F5O/c1-6(11,12-3-2-7)4(8)5(9)10/h4-5H,2-3H2,1H3. The quantitative estimate of drug-likeness (QED) is 0.607.